The zero-order valence-electron chi connectivity index (χ0n) is 15.7. The Morgan fingerprint density at radius 3 is 2.63 bits per heavy atom. The van der Waals surface area contributed by atoms with Gasteiger partial charge in [-0.1, -0.05) is 29.8 Å². The molecule has 0 atom stereocenters. The third kappa shape index (κ3) is 4.35. The van der Waals surface area contributed by atoms with Crippen LogP contribution in [0.2, 0.25) is 0 Å². The minimum Gasteiger partial charge on any atom is -0.483 e. The van der Waals surface area contributed by atoms with Crippen LogP contribution < -0.4 is 4.74 Å². The molecule has 0 radical (unpaired) electrons. The molecule has 0 aliphatic carbocycles. The van der Waals surface area contributed by atoms with Gasteiger partial charge in [-0.15, -0.1) is 0 Å². The third-order valence-electron chi connectivity index (χ3n) is 4.29. The smallest absolute Gasteiger partial charge is 0.282 e. The third-order valence-corrected chi connectivity index (χ3v) is 4.29. The fourth-order valence-corrected chi connectivity index (χ4v) is 3.06. The van der Waals surface area contributed by atoms with E-state index in [9.17, 15) is 9.90 Å². The number of aromatic amines is 1. The van der Waals surface area contributed by atoms with Crippen LogP contribution >= 0.6 is 0 Å². The number of benzene rings is 2. The maximum Gasteiger partial charge on any atom is 0.282 e. The normalized spacial score (nSPS) is 11.3. The molecule has 6 heteroatoms. The van der Waals surface area contributed by atoms with Gasteiger partial charge in [-0.2, -0.15) is 5.10 Å². The molecule has 27 heavy (non-hydrogen) atoms. The molecule has 1 amide bonds. The van der Waals surface area contributed by atoms with E-state index in [4.69, 9.17) is 4.74 Å². The first-order chi connectivity index (χ1) is 13.0. The lowest BCUT2D eigenvalue weighted by Crippen LogP contribution is -2.31. The van der Waals surface area contributed by atoms with E-state index >= 15 is 0 Å². The highest BCUT2D eigenvalue weighted by atomic mass is 16.5. The quantitative estimate of drug-likeness (QED) is 0.400. The number of aliphatic hydroxyl groups excluding tert-OH is 1. The standard InChI is InChI=1S/C21H23N3O3/c1-14-8-15(2)21(16(3)9-14)27-12-20(26)24(13-25)23-11-17-4-5-18-6-7-22-19(18)10-17/h4-11,22,25H,12-13H2,1-3H3. The maximum absolute atomic E-state index is 12.4. The van der Waals surface area contributed by atoms with Crippen LogP contribution in [0.25, 0.3) is 10.9 Å². The second-order valence-electron chi connectivity index (χ2n) is 6.52. The number of fused-ring (bicyclic) bond motifs is 1. The largest absolute Gasteiger partial charge is 0.483 e. The Bertz CT molecular complexity index is 968. The summed E-state index contributed by atoms with van der Waals surface area (Å²) in [5, 5.41) is 15.7. The van der Waals surface area contributed by atoms with Crippen molar-refractivity contribution in [2.45, 2.75) is 20.8 Å². The summed E-state index contributed by atoms with van der Waals surface area (Å²) in [6.07, 6.45) is 3.40. The molecule has 0 spiro atoms. The van der Waals surface area contributed by atoms with Crippen LogP contribution in [0.4, 0.5) is 0 Å². The van der Waals surface area contributed by atoms with Crippen molar-refractivity contribution in [3.05, 3.63) is 64.8 Å². The number of hydrazone groups is 1. The number of hydrogen-bond acceptors (Lipinski definition) is 4. The number of nitrogens with one attached hydrogen (secondary N) is 1. The van der Waals surface area contributed by atoms with Crippen LogP contribution in [-0.4, -0.2) is 40.6 Å². The summed E-state index contributed by atoms with van der Waals surface area (Å²) in [5.74, 6) is 0.266. The Morgan fingerprint density at radius 1 is 1.19 bits per heavy atom. The van der Waals surface area contributed by atoms with Gasteiger partial charge in [0.2, 0.25) is 0 Å². The highest BCUT2D eigenvalue weighted by molar-refractivity contribution is 5.89. The molecular weight excluding hydrogens is 342 g/mol. The Balaban J connectivity index is 1.67. The second kappa shape index (κ2) is 8.05. The van der Waals surface area contributed by atoms with Crippen molar-refractivity contribution in [3.63, 3.8) is 0 Å². The Labute approximate surface area is 158 Å². The number of amides is 1. The number of H-pyrrole nitrogens is 1. The fourth-order valence-electron chi connectivity index (χ4n) is 3.06. The number of nitrogens with zero attached hydrogens (tertiary/aromatic N) is 2. The van der Waals surface area contributed by atoms with Gasteiger partial charge in [0.25, 0.3) is 5.91 Å². The molecule has 0 bridgehead atoms. The molecule has 3 aromatic rings. The first kappa shape index (κ1) is 18.7. The average Bonchev–Trinajstić information content (AvgIpc) is 3.09. The van der Waals surface area contributed by atoms with Crippen molar-refractivity contribution in [3.8, 4) is 5.75 Å². The zero-order valence-corrected chi connectivity index (χ0v) is 15.7. The lowest BCUT2D eigenvalue weighted by molar-refractivity contribution is -0.137. The van der Waals surface area contributed by atoms with E-state index in [1.165, 1.54) is 6.21 Å². The van der Waals surface area contributed by atoms with Crippen molar-refractivity contribution < 1.29 is 14.6 Å². The summed E-state index contributed by atoms with van der Waals surface area (Å²) in [6.45, 7) is 5.19. The van der Waals surface area contributed by atoms with Crippen molar-refractivity contribution in [2.24, 2.45) is 5.10 Å². The van der Waals surface area contributed by atoms with Gasteiger partial charge >= 0.3 is 0 Å². The number of aliphatic hydroxyl groups is 1. The molecular formula is C21H23N3O3. The first-order valence-corrected chi connectivity index (χ1v) is 8.71. The van der Waals surface area contributed by atoms with Gasteiger partial charge < -0.3 is 14.8 Å². The van der Waals surface area contributed by atoms with Gasteiger partial charge in [-0.3, -0.25) is 4.79 Å². The molecule has 0 saturated heterocycles. The van der Waals surface area contributed by atoms with E-state index < -0.39 is 12.6 Å². The summed E-state index contributed by atoms with van der Waals surface area (Å²) in [7, 11) is 0. The first-order valence-electron chi connectivity index (χ1n) is 8.71. The van der Waals surface area contributed by atoms with Crippen molar-refractivity contribution in [1.82, 2.24) is 9.99 Å². The van der Waals surface area contributed by atoms with Crippen LogP contribution in [0.5, 0.6) is 5.75 Å². The molecule has 0 fully saturated rings. The molecule has 0 unspecified atom stereocenters. The zero-order chi connectivity index (χ0) is 19.4. The van der Waals surface area contributed by atoms with Gasteiger partial charge in [0.05, 0.1) is 6.21 Å². The van der Waals surface area contributed by atoms with Gasteiger partial charge in [0, 0.05) is 11.7 Å². The Morgan fingerprint density at radius 2 is 1.93 bits per heavy atom. The van der Waals surface area contributed by atoms with E-state index in [1.54, 1.807) is 0 Å². The fraction of sp³-hybridized carbons (Fsp3) is 0.238. The number of ether oxygens (including phenoxy) is 1. The van der Waals surface area contributed by atoms with Crippen LogP contribution in [-0.2, 0) is 4.79 Å². The number of aromatic nitrogens is 1. The predicted molar refractivity (Wildman–Crippen MR) is 106 cm³/mol. The highest BCUT2D eigenvalue weighted by Gasteiger charge is 2.14. The summed E-state index contributed by atoms with van der Waals surface area (Å²) in [6, 6.07) is 11.8. The van der Waals surface area contributed by atoms with E-state index in [-0.39, 0.29) is 6.61 Å². The second-order valence-corrected chi connectivity index (χ2v) is 6.52. The number of carbonyl (C=O) groups excluding carboxylic acids is 1. The molecule has 1 aromatic heterocycles. The molecule has 3 rings (SSSR count). The van der Waals surface area contributed by atoms with Crippen LogP contribution in [0, 0.1) is 20.8 Å². The Kier molecular flexibility index (Phi) is 5.57. The van der Waals surface area contributed by atoms with Gasteiger partial charge in [0.15, 0.2) is 6.61 Å². The van der Waals surface area contributed by atoms with E-state index in [2.05, 4.69) is 10.1 Å². The van der Waals surface area contributed by atoms with E-state index in [1.807, 2.05) is 63.4 Å². The molecule has 2 aromatic carbocycles. The van der Waals surface area contributed by atoms with Crippen molar-refractivity contribution in [1.29, 1.82) is 0 Å². The molecule has 2 N–H and O–H groups in total. The minimum atomic E-state index is -0.519. The summed E-state index contributed by atoms with van der Waals surface area (Å²) < 4.78 is 5.69. The molecule has 0 aliphatic rings. The monoisotopic (exact) mass is 365 g/mol. The molecule has 6 nitrogen and oxygen atoms in total. The predicted octanol–water partition coefficient (Wildman–Crippen LogP) is 3.28. The number of rotatable bonds is 6. The average molecular weight is 365 g/mol. The molecule has 0 aliphatic heterocycles. The van der Waals surface area contributed by atoms with Crippen LogP contribution in [0.1, 0.15) is 22.3 Å². The highest BCUT2D eigenvalue weighted by Crippen LogP contribution is 2.24. The number of aryl methyl sites for hydroxylation is 3. The summed E-state index contributed by atoms with van der Waals surface area (Å²) >= 11 is 0. The SMILES string of the molecule is Cc1cc(C)c(OCC(=O)N(CO)N=Cc2ccc3cc[nH]c3c2)c(C)c1. The maximum atomic E-state index is 12.4. The van der Waals surface area contributed by atoms with Crippen LogP contribution in [0.3, 0.4) is 0 Å². The van der Waals surface area contributed by atoms with Gasteiger partial charge in [-0.05, 0) is 55.0 Å². The lowest BCUT2D eigenvalue weighted by atomic mass is 10.1. The number of hydrogen-bond donors (Lipinski definition) is 2. The van der Waals surface area contributed by atoms with Gasteiger partial charge in [-0.25, -0.2) is 5.01 Å². The van der Waals surface area contributed by atoms with E-state index in [0.717, 1.165) is 38.2 Å². The lowest BCUT2D eigenvalue weighted by Gasteiger charge is -2.16. The van der Waals surface area contributed by atoms with Gasteiger partial charge in [0.1, 0.15) is 12.5 Å². The van der Waals surface area contributed by atoms with Crippen LogP contribution in [0.15, 0.2) is 47.7 Å². The molecule has 0 saturated carbocycles. The topological polar surface area (TPSA) is 77.9 Å². The van der Waals surface area contributed by atoms with E-state index in [0.29, 0.717) is 5.75 Å². The molecule has 140 valence electrons. The Hall–Kier alpha value is -3.12. The minimum absolute atomic E-state index is 0.196. The summed E-state index contributed by atoms with van der Waals surface area (Å²) in [4.78, 5) is 15.5. The summed E-state index contributed by atoms with van der Waals surface area (Å²) in [5.41, 5.74) is 4.89. The number of carbonyl (C=O) groups is 1. The van der Waals surface area contributed by atoms with Crippen molar-refractivity contribution >= 4 is 23.0 Å². The van der Waals surface area contributed by atoms with Crippen molar-refractivity contribution in [2.75, 3.05) is 13.3 Å². The molecule has 1 heterocycles.